The Hall–Kier alpha value is -2.37. The predicted octanol–water partition coefficient (Wildman–Crippen LogP) is 3.06. The molecule has 136 valence electrons. The molecule has 0 spiro atoms. The van der Waals surface area contributed by atoms with Crippen molar-refractivity contribution in [3.05, 3.63) is 29.8 Å². The van der Waals surface area contributed by atoms with Crippen molar-refractivity contribution in [2.45, 2.75) is 52.0 Å². The second-order valence-corrected chi connectivity index (χ2v) is 6.48. The first kappa shape index (κ1) is 19.0. The lowest BCUT2D eigenvalue weighted by Gasteiger charge is -2.29. The lowest BCUT2D eigenvalue weighted by atomic mass is 9.86. The smallest absolute Gasteiger partial charge is 0.321 e. The van der Waals surface area contributed by atoms with Crippen molar-refractivity contribution in [2.75, 3.05) is 6.61 Å². The van der Waals surface area contributed by atoms with E-state index in [0.717, 1.165) is 19.3 Å². The number of rotatable bonds is 6. The fourth-order valence-electron chi connectivity index (χ4n) is 2.99. The van der Waals surface area contributed by atoms with Gasteiger partial charge in [0.25, 0.3) is 5.91 Å². The number of benzene rings is 1. The minimum Gasteiger partial charge on any atom is -0.484 e. The quantitative estimate of drug-likeness (QED) is 0.775. The largest absolute Gasteiger partial charge is 0.484 e. The number of ketones is 1. The van der Waals surface area contributed by atoms with Crippen LogP contribution in [0.4, 0.5) is 4.79 Å². The number of carbonyl (C=O) groups excluding carboxylic acids is 3. The van der Waals surface area contributed by atoms with Crippen molar-refractivity contribution in [1.82, 2.24) is 10.6 Å². The minimum absolute atomic E-state index is 0.0536. The van der Waals surface area contributed by atoms with Crippen LogP contribution in [0, 0.1) is 5.92 Å². The van der Waals surface area contributed by atoms with Gasteiger partial charge >= 0.3 is 6.03 Å². The first-order chi connectivity index (χ1) is 12.0. The maximum absolute atomic E-state index is 11.9. The molecule has 0 bridgehead atoms. The Bertz CT molecular complexity index is 612. The van der Waals surface area contributed by atoms with E-state index >= 15 is 0 Å². The van der Waals surface area contributed by atoms with Crippen molar-refractivity contribution in [1.29, 1.82) is 0 Å². The van der Waals surface area contributed by atoms with Crippen LogP contribution in [0.5, 0.6) is 5.75 Å². The average Bonchev–Trinajstić information content (AvgIpc) is 2.61. The number of urea groups is 1. The summed E-state index contributed by atoms with van der Waals surface area (Å²) in [7, 11) is 0. The Morgan fingerprint density at radius 3 is 2.44 bits per heavy atom. The topological polar surface area (TPSA) is 84.5 Å². The standard InChI is InChI=1S/C19H26N2O4/c1-3-17(22)14-8-10-15(11-9-14)25-12-18(23)21-19(24)20-16-7-5-4-6-13(16)2/h8-11,13,16H,3-7,12H2,1-2H3,(H2,20,21,23,24)/t13-,16-/m0/s1. The molecule has 1 aliphatic rings. The molecule has 0 heterocycles. The summed E-state index contributed by atoms with van der Waals surface area (Å²) in [5.74, 6) is 0.451. The zero-order chi connectivity index (χ0) is 18.2. The van der Waals surface area contributed by atoms with Gasteiger partial charge in [0.05, 0.1) is 0 Å². The highest BCUT2D eigenvalue weighted by Crippen LogP contribution is 2.23. The van der Waals surface area contributed by atoms with E-state index in [1.165, 1.54) is 6.42 Å². The van der Waals surface area contributed by atoms with Crippen molar-refractivity contribution in [3.63, 3.8) is 0 Å². The summed E-state index contributed by atoms with van der Waals surface area (Å²) in [6.45, 7) is 3.66. The Balaban J connectivity index is 1.74. The number of carbonyl (C=O) groups is 3. The molecule has 1 fully saturated rings. The Kier molecular flexibility index (Phi) is 6.98. The molecule has 2 atom stereocenters. The van der Waals surface area contributed by atoms with Crippen LogP contribution in [0.1, 0.15) is 56.3 Å². The van der Waals surface area contributed by atoms with Crippen LogP contribution in [-0.4, -0.2) is 30.4 Å². The molecule has 0 radical (unpaired) electrons. The van der Waals surface area contributed by atoms with Crippen LogP contribution >= 0.6 is 0 Å². The van der Waals surface area contributed by atoms with E-state index in [2.05, 4.69) is 17.6 Å². The van der Waals surface area contributed by atoms with Crippen molar-refractivity contribution < 1.29 is 19.1 Å². The van der Waals surface area contributed by atoms with Gasteiger partial charge in [-0.25, -0.2) is 4.79 Å². The summed E-state index contributed by atoms with van der Waals surface area (Å²) in [6.07, 6.45) is 4.78. The molecule has 0 saturated heterocycles. The average molecular weight is 346 g/mol. The summed E-state index contributed by atoms with van der Waals surface area (Å²) in [5, 5.41) is 5.15. The van der Waals surface area contributed by atoms with Gasteiger partial charge in [0, 0.05) is 18.0 Å². The van der Waals surface area contributed by atoms with Crippen LogP contribution in [0.2, 0.25) is 0 Å². The van der Waals surface area contributed by atoms with Gasteiger partial charge in [-0.05, 0) is 43.0 Å². The number of hydrogen-bond acceptors (Lipinski definition) is 4. The molecule has 6 heteroatoms. The molecule has 0 unspecified atom stereocenters. The van der Waals surface area contributed by atoms with Crippen molar-refractivity contribution in [3.8, 4) is 5.75 Å². The lowest BCUT2D eigenvalue weighted by Crippen LogP contribution is -2.48. The fourth-order valence-corrected chi connectivity index (χ4v) is 2.99. The van der Waals surface area contributed by atoms with E-state index in [1.807, 2.05) is 0 Å². The van der Waals surface area contributed by atoms with E-state index in [-0.39, 0.29) is 18.4 Å². The normalized spacial score (nSPS) is 19.8. The summed E-state index contributed by atoms with van der Waals surface area (Å²) < 4.78 is 5.34. The maximum Gasteiger partial charge on any atom is 0.321 e. The first-order valence-corrected chi connectivity index (χ1v) is 8.86. The zero-order valence-corrected chi connectivity index (χ0v) is 14.8. The van der Waals surface area contributed by atoms with Gasteiger partial charge < -0.3 is 10.1 Å². The molecule has 1 aliphatic carbocycles. The number of hydrogen-bond donors (Lipinski definition) is 2. The molecule has 3 amide bonds. The maximum atomic E-state index is 11.9. The molecular formula is C19H26N2O4. The SMILES string of the molecule is CCC(=O)c1ccc(OCC(=O)NC(=O)N[C@H]2CCCC[C@@H]2C)cc1. The third kappa shape index (κ3) is 5.89. The van der Waals surface area contributed by atoms with Gasteiger partial charge in [-0.3, -0.25) is 14.9 Å². The van der Waals surface area contributed by atoms with Crippen LogP contribution in [0.3, 0.4) is 0 Å². The number of Topliss-reactive ketones (excluding diaryl/α,β-unsaturated/α-hetero) is 1. The summed E-state index contributed by atoms with van der Waals surface area (Å²) >= 11 is 0. The number of ether oxygens (including phenoxy) is 1. The Morgan fingerprint density at radius 1 is 1.12 bits per heavy atom. The van der Waals surface area contributed by atoms with Crippen molar-refractivity contribution in [2.24, 2.45) is 5.92 Å². The lowest BCUT2D eigenvalue weighted by molar-refractivity contribution is -0.122. The summed E-state index contributed by atoms with van der Waals surface area (Å²) in [5.41, 5.74) is 0.611. The van der Waals surface area contributed by atoms with E-state index in [0.29, 0.717) is 23.7 Å². The molecule has 2 rings (SSSR count). The summed E-state index contributed by atoms with van der Waals surface area (Å²) in [4.78, 5) is 35.3. The van der Waals surface area contributed by atoms with E-state index < -0.39 is 11.9 Å². The Labute approximate surface area is 148 Å². The van der Waals surface area contributed by atoms with Gasteiger partial charge in [0.15, 0.2) is 12.4 Å². The van der Waals surface area contributed by atoms with E-state index in [9.17, 15) is 14.4 Å². The minimum atomic E-state index is -0.505. The third-order valence-corrected chi connectivity index (χ3v) is 4.55. The monoisotopic (exact) mass is 346 g/mol. The van der Waals surface area contributed by atoms with Gasteiger partial charge in [-0.15, -0.1) is 0 Å². The van der Waals surface area contributed by atoms with Gasteiger partial charge in [0.2, 0.25) is 0 Å². The van der Waals surface area contributed by atoms with Gasteiger partial charge in [0.1, 0.15) is 5.75 Å². The molecule has 25 heavy (non-hydrogen) atoms. The molecule has 6 nitrogen and oxygen atoms in total. The van der Waals surface area contributed by atoms with Crippen molar-refractivity contribution >= 4 is 17.7 Å². The van der Waals surface area contributed by atoms with Crippen LogP contribution in [-0.2, 0) is 4.79 Å². The second kappa shape index (κ2) is 9.20. The molecule has 1 aromatic rings. The van der Waals surface area contributed by atoms with E-state index in [1.54, 1.807) is 31.2 Å². The van der Waals surface area contributed by atoms with Crippen LogP contribution < -0.4 is 15.4 Å². The van der Waals surface area contributed by atoms with E-state index in [4.69, 9.17) is 4.74 Å². The highest BCUT2D eigenvalue weighted by molar-refractivity contribution is 5.96. The predicted molar refractivity (Wildman–Crippen MR) is 94.7 cm³/mol. The zero-order valence-electron chi connectivity index (χ0n) is 14.8. The van der Waals surface area contributed by atoms with Gasteiger partial charge in [-0.1, -0.05) is 26.7 Å². The fraction of sp³-hybridized carbons (Fsp3) is 0.526. The molecule has 2 N–H and O–H groups in total. The second-order valence-electron chi connectivity index (χ2n) is 6.48. The molecule has 1 saturated carbocycles. The molecular weight excluding hydrogens is 320 g/mol. The highest BCUT2D eigenvalue weighted by Gasteiger charge is 2.23. The van der Waals surface area contributed by atoms with Crippen LogP contribution in [0.15, 0.2) is 24.3 Å². The molecule has 1 aromatic carbocycles. The van der Waals surface area contributed by atoms with Crippen LogP contribution in [0.25, 0.3) is 0 Å². The Morgan fingerprint density at radius 2 is 1.80 bits per heavy atom. The molecule has 0 aromatic heterocycles. The molecule has 0 aliphatic heterocycles. The summed E-state index contributed by atoms with van der Waals surface area (Å²) in [6, 6.07) is 6.24. The highest BCUT2D eigenvalue weighted by atomic mass is 16.5. The number of amides is 3. The number of nitrogens with one attached hydrogen (secondary N) is 2. The third-order valence-electron chi connectivity index (χ3n) is 4.55. The van der Waals surface area contributed by atoms with Gasteiger partial charge in [-0.2, -0.15) is 0 Å². The number of imide groups is 1. The first-order valence-electron chi connectivity index (χ1n) is 8.86.